The molecule has 4 nitrogen and oxygen atoms in total. The fourth-order valence-corrected chi connectivity index (χ4v) is 3.06. The highest BCUT2D eigenvalue weighted by Gasteiger charge is 2.25. The van der Waals surface area contributed by atoms with Gasteiger partial charge in [-0.1, -0.05) is 17.8 Å². The SMILES string of the molecule is CNc1nnc(CN2[C@H](C)CCC[C@@H]2C)s1. The van der Waals surface area contributed by atoms with Crippen LogP contribution in [0.5, 0.6) is 0 Å². The lowest BCUT2D eigenvalue weighted by atomic mass is 9.98. The van der Waals surface area contributed by atoms with Gasteiger partial charge in [-0.15, -0.1) is 10.2 Å². The number of hydrogen-bond donors (Lipinski definition) is 1. The van der Waals surface area contributed by atoms with Crippen LogP contribution in [0.15, 0.2) is 0 Å². The van der Waals surface area contributed by atoms with Crippen molar-refractivity contribution >= 4 is 16.5 Å². The second kappa shape index (κ2) is 5.10. The van der Waals surface area contributed by atoms with Crippen molar-refractivity contribution in [2.24, 2.45) is 0 Å². The monoisotopic (exact) mass is 240 g/mol. The highest BCUT2D eigenvalue weighted by atomic mass is 32.1. The number of nitrogens with one attached hydrogen (secondary N) is 1. The van der Waals surface area contributed by atoms with E-state index in [2.05, 4.69) is 34.3 Å². The average molecular weight is 240 g/mol. The molecule has 0 amide bonds. The van der Waals surface area contributed by atoms with Gasteiger partial charge >= 0.3 is 0 Å². The van der Waals surface area contributed by atoms with Crippen molar-refractivity contribution in [3.8, 4) is 0 Å². The molecule has 0 aromatic carbocycles. The maximum absolute atomic E-state index is 4.21. The maximum atomic E-state index is 4.21. The van der Waals surface area contributed by atoms with E-state index < -0.39 is 0 Å². The third-order valence-electron chi connectivity index (χ3n) is 3.37. The molecule has 0 bridgehead atoms. The summed E-state index contributed by atoms with van der Waals surface area (Å²) < 4.78 is 0. The summed E-state index contributed by atoms with van der Waals surface area (Å²) in [4.78, 5) is 2.55. The fourth-order valence-electron chi connectivity index (χ4n) is 2.36. The van der Waals surface area contributed by atoms with Crippen LogP contribution in [0.1, 0.15) is 38.1 Å². The van der Waals surface area contributed by atoms with Gasteiger partial charge in [0.2, 0.25) is 5.13 Å². The van der Waals surface area contributed by atoms with E-state index in [1.54, 1.807) is 11.3 Å². The smallest absolute Gasteiger partial charge is 0.205 e. The van der Waals surface area contributed by atoms with Crippen molar-refractivity contribution < 1.29 is 0 Å². The van der Waals surface area contributed by atoms with E-state index in [1.807, 2.05) is 7.05 Å². The topological polar surface area (TPSA) is 41.1 Å². The number of nitrogens with zero attached hydrogens (tertiary/aromatic N) is 3. The normalized spacial score (nSPS) is 26.9. The predicted octanol–water partition coefficient (Wildman–Crippen LogP) is 2.34. The number of rotatable bonds is 3. The summed E-state index contributed by atoms with van der Waals surface area (Å²) >= 11 is 1.66. The Morgan fingerprint density at radius 1 is 1.31 bits per heavy atom. The molecule has 0 spiro atoms. The quantitative estimate of drug-likeness (QED) is 0.880. The minimum absolute atomic E-state index is 0.672. The fraction of sp³-hybridized carbons (Fsp3) is 0.818. The molecule has 16 heavy (non-hydrogen) atoms. The summed E-state index contributed by atoms with van der Waals surface area (Å²) in [5.74, 6) is 0. The first kappa shape index (κ1) is 11.8. The molecule has 0 radical (unpaired) electrons. The largest absolute Gasteiger partial charge is 0.363 e. The van der Waals surface area contributed by atoms with Gasteiger partial charge in [0.15, 0.2) is 0 Å². The highest BCUT2D eigenvalue weighted by molar-refractivity contribution is 7.15. The van der Waals surface area contributed by atoms with Crippen LogP contribution in [0.25, 0.3) is 0 Å². The molecule has 0 aliphatic carbocycles. The molecule has 0 saturated carbocycles. The molecule has 1 aromatic heterocycles. The van der Waals surface area contributed by atoms with E-state index in [4.69, 9.17) is 0 Å². The molecule has 1 aliphatic rings. The van der Waals surface area contributed by atoms with Gasteiger partial charge in [-0.05, 0) is 26.7 Å². The third-order valence-corrected chi connectivity index (χ3v) is 4.30. The Morgan fingerprint density at radius 3 is 2.56 bits per heavy atom. The van der Waals surface area contributed by atoms with Crippen LogP contribution in [-0.4, -0.2) is 34.2 Å². The van der Waals surface area contributed by atoms with Crippen LogP contribution in [0.3, 0.4) is 0 Å². The van der Waals surface area contributed by atoms with Gasteiger partial charge in [0, 0.05) is 19.1 Å². The first-order valence-corrected chi connectivity index (χ1v) is 6.78. The van der Waals surface area contributed by atoms with Crippen molar-refractivity contribution in [1.82, 2.24) is 15.1 Å². The second-order valence-corrected chi connectivity index (χ2v) is 5.61. The molecule has 2 heterocycles. The molecule has 1 aromatic rings. The van der Waals surface area contributed by atoms with E-state index >= 15 is 0 Å². The van der Waals surface area contributed by atoms with Gasteiger partial charge in [0.25, 0.3) is 0 Å². The Labute approximate surface area is 101 Å². The van der Waals surface area contributed by atoms with Crippen molar-refractivity contribution in [3.05, 3.63) is 5.01 Å². The van der Waals surface area contributed by atoms with E-state index in [-0.39, 0.29) is 0 Å². The number of likely N-dealkylation sites (tertiary alicyclic amines) is 1. The van der Waals surface area contributed by atoms with Gasteiger partial charge in [-0.3, -0.25) is 4.90 Å². The Balaban J connectivity index is 2.01. The molecule has 1 aliphatic heterocycles. The molecule has 90 valence electrons. The lowest BCUT2D eigenvalue weighted by Crippen LogP contribution is -2.42. The zero-order chi connectivity index (χ0) is 11.5. The summed E-state index contributed by atoms with van der Waals surface area (Å²) in [5, 5.41) is 13.4. The molecule has 2 rings (SSSR count). The highest BCUT2D eigenvalue weighted by Crippen LogP contribution is 2.26. The number of hydrogen-bond acceptors (Lipinski definition) is 5. The average Bonchev–Trinajstić information content (AvgIpc) is 2.71. The first-order valence-electron chi connectivity index (χ1n) is 5.96. The number of aromatic nitrogens is 2. The Morgan fingerprint density at radius 2 is 2.00 bits per heavy atom. The molecule has 1 N–H and O–H groups in total. The lowest BCUT2D eigenvalue weighted by molar-refractivity contribution is 0.0949. The van der Waals surface area contributed by atoms with Crippen molar-refractivity contribution in [3.63, 3.8) is 0 Å². The lowest BCUT2D eigenvalue weighted by Gasteiger charge is -2.38. The second-order valence-electron chi connectivity index (χ2n) is 4.55. The summed E-state index contributed by atoms with van der Waals surface area (Å²) in [6, 6.07) is 1.34. The zero-order valence-corrected chi connectivity index (χ0v) is 11.0. The van der Waals surface area contributed by atoms with Crippen molar-refractivity contribution in [2.45, 2.75) is 51.7 Å². The molecule has 2 atom stereocenters. The van der Waals surface area contributed by atoms with Crippen LogP contribution in [-0.2, 0) is 6.54 Å². The predicted molar refractivity (Wildman–Crippen MR) is 67.8 cm³/mol. The zero-order valence-electron chi connectivity index (χ0n) is 10.2. The Bertz CT molecular complexity index is 328. The molecule has 1 fully saturated rings. The van der Waals surface area contributed by atoms with Crippen molar-refractivity contribution in [2.75, 3.05) is 12.4 Å². The van der Waals surface area contributed by atoms with Gasteiger partial charge in [-0.25, -0.2) is 0 Å². The van der Waals surface area contributed by atoms with E-state index in [0.29, 0.717) is 12.1 Å². The minimum atomic E-state index is 0.672. The molecular weight excluding hydrogens is 220 g/mol. The van der Waals surface area contributed by atoms with Crippen LogP contribution in [0.4, 0.5) is 5.13 Å². The van der Waals surface area contributed by atoms with Gasteiger partial charge in [0.1, 0.15) is 5.01 Å². The minimum Gasteiger partial charge on any atom is -0.363 e. The molecule has 1 saturated heterocycles. The Kier molecular flexibility index (Phi) is 3.76. The number of piperidine rings is 1. The Hall–Kier alpha value is -0.680. The van der Waals surface area contributed by atoms with Crippen LogP contribution >= 0.6 is 11.3 Å². The third kappa shape index (κ3) is 2.52. The van der Waals surface area contributed by atoms with E-state index in [9.17, 15) is 0 Å². The van der Waals surface area contributed by atoms with Gasteiger partial charge in [-0.2, -0.15) is 0 Å². The van der Waals surface area contributed by atoms with Gasteiger partial charge < -0.3 is 5.32 Å². The van der Waals surface area contributed by atoms with Crippen LogP contribution in [0, 0.1) is 0 Å². The summed E-state index contributed by atoms with van der Waals surface area (Å²) in [6.07, 6.45) is 3.97. The molecule has 0 unspecified atom stereocenters. The maximum Gasteiger partial charge on any atom is 0.205 e. The van der Waals surface area contributed by atoms with Crippen LogP contribution < -0.4 is 5.32 Å². The van der Waals surface area contributed by atoms with E-state index in [0.717, 1.165) is 16.7 Å². The molecular formula is C11H20N4S. The molecule has 5 heteroatoms. The first-order chi connectivity index (χ1) is 7.70. The summed E-state index contributed by atoms with van der Waals surface area (Å²) in [5.41, 5.74) is 0. The summed E-state index contributed by atoms with van der Waals surface area (Å²) in [6.45, 7) is 5.58. The number of anilines is 1. The van der Waals surface area contributed by atoms with Crippen LogP contribution in [0.2, 0.25) is 0 Å². The van der Waals surface area contributed by atoms with Gasteiger partial charge in [0.05, 0.1) is 6.54 Å². The van der Waals surface area contributed by atoms with E-state index in [1.165, 1.54) is 19.3 Å². The summed E-state index contributed by atoms with van der Waals surface area (Å²) in [7, 11) is 1.89. The standard InChI is InChI=1S/C11H20N4S/c1-8-5-4-6-9(2)15(8)7-10-13-14-11(12-3)16-10/h8-9H,4-7H2,1-3H3,(H,12,14)/t8-,9+. The van der Waals surface area contributed by atoms with Crippen molar-refractivity contribution in [1.29, 1.82) is 0 Å².